The summed E-state index contributed by atoms with van der Waals surface area (Å²) in [7, 11) is 0. The fourth-order valence-electron chi connectivity index (χ4n) is 2.25. The third-order valence-electron chi connectivity index (χ3n) is 3.59. The first-order valence-corrected chi connectivity index (χ1v) is 8.09. The summed E-state index contributed by atoms with van der Waals surface area (Å²) in [5, 5.41) is 5.87. The highest BCUT2D eigenvalue weighted by atomic mass is 16.1. The number of aryl methyl sites for hydroxylation is 2. The first-order chi connectivity index (χ1) is 11.6. The molecule has 0 aliphatic carbocycles. The molecule has 0 aromatic heterocycles. The highest BCUT2D eigenvalue weighted by Crippen LogP contribution is 2.09. The van der Waals surface area contributed by atoms with E-state index in [1.165, 1.54) is 5.56 Å². The largest absolute Gasteiger partial charge is 0.370 e. The molecule has 0 atom stereocenters. The number of anilines is 1. The molecule has 5 heteroatoms. The van der Waals surface area contributed by atoms with Gasteiger partial charge < -0.3 is 16.4 Å². The van der Waals surface area contributed by atoms with Crippen molar-refractivity contribution in [2.75, 3.05) is 18.4 Å². The molecule has 2 aromatic rings. The first kappa shape index (κ1) is 17.5. The summed E-state index contributed by atoms with van der Waals surface area (Å²) in [6.45, 7) is 4.93. The number of nitrogens with zero attached hydrogens (tertiary/aromatic N) is 1. The molecule has 2 rings (SSSR count). The monoisotopic (exact) mass is 324 g/mol. The standard InChI is InChI=1S/C19H24N4O/c1-3-15-7-9-17(10-8-15)23-19(20)22-12-11-21-18(24)16-6-4-5-14(2)13-16/h4-10,13H,3,11-12H2,1-2H3,(H,21,24)(H3,20,22,23). The van der Waals surface area contributed by atoms with E-state index in [1.54, 1.807) is 6.07 Å². The molecular formula is C19H24N4O. The maximum atomic E-state index is 12.0. The summed E-state index contributed by atoms with van der Waals surface area (Å²) in [6.07, 6.45) is 1.00. The van der Waals surface area contributed by atoms with Crippen LogP contribution in [0.2, 0.25) is 0 Å². The number of hydrogen-bond acceptors (Lipinski definition) is 2. The molecule has 0 bridgehead atoms. The van der Waals surface area contributed by atoms with E-state index >= 15 is 0 Å². The normalized spacial score (nSPS) is 11.2. The Morgan fingerprint density at radius 3 is 2.58 bits per heavy atom. The van der Waals surface area contributed by atoms with E-state index in [9.17, 15) is 4.79 Å². The van der Waals surface area contributed by atoms with Crippen LogP contribution in [0.3, 0.4) is 0 Å². The van der Waals surface area contributed by atoms with Crippen LogP contribution in [-0.4, -0.2) is 25.0 Å². The molecule has 2 aromatic carbocycles. The SMILES string of the molecule is CCc1ccc(NC(N)=NCCNC(=O)c2cccc(C)c2)cc1. The average molecular weight is 324 g/mol. The molecule has 0 saturated heterocycles. The summed E-state index contributed by atoms with van der Waals surface area (Å²) < 4.78 is 0. The molecule has 4 N–H and O–H groups in total. The maximum Gasteiger partial charge on any atom is 0.251 e. The zero-order valence-electron chi connectivity index (χ0n) is 14.2. The number of carbonyl (C=O) groups is 1. The second-order valence-corrected chi connectivity index (χ2v) is 5.57. The third kappa shape index (κ3) is 5.43. The second-order valence-electron chi connectivity index (χ2n) is 5.57. The average Bonchev–Trinajstić information content (AvgIpc) is 2.59. The van der Waals surface area contributed by atoms with Gasteiger partial charge in [-0.1, -0.05) is 36.8 Å². The van der Waals surface area contributed by atoms with Crippen molar-refractivity contribution < 1.29 is 4.79 Å². The number of aliphatic imine (C=N–C) groups is 1. The van der Waals surface area contributed by atoms with Crippen molar-refractivity contribution in [3.63, 3.8) is 0 Å². The predicted octanol–water partition coefficient (Wildman–Crippen LogP) is 2.71. The van der Waals surface area contributed by atoms with Crippen molar-refractivity contribution in [3.05, 3.63) is 65.2 Å². The predicted molar refractivity (Wildman–Crippen MR) is 99.4 cm³/mol. The number of nitrogens with one attached hydrogen (secondary N) is 2. The van der Waals surface area contributed by atoms with Crippen LogP contribution in [0.1, 0.15) is 28.4 Å². The van der Waals surface area contributed by atoms with Crippen LogP contribution in [0.4, 0.5) is 5.69 Å². The minimum Gasteiger partial charge on any atom is -0.370 e. The van der Waals surface area contributed by atoms with Crippen molar-refractivity contribution >= 4 is 17.6 Å². The van der Waals surface area contributed by atoms with Crippen LogP contribution in [0.15, 0.2) is 53.5 Å². The number of rotatable bonds is 6. The van der Waals surface area contributed by atoms with Gasteiger partial charge in [0.05, 0.1) is 6.54 Å². The van der Waals surface area contributed by atoms with Gasteiger partial charge in [0, 0.05) is 17.8 Å². The number of nitrogens with two attached hydrogens (primary N) is 1. The van der Waals surface area contributed by atoms with E-state index in [2.05, 4.69) is 34.7 Å². The van der Waals surface area contributed by atoms with E-state index in [0.717, 1.165) is 17.7 Å². The summed E-state index contributed by atoms with van der Waals surface area (Å²) in [4.78, 5) is 16.2. The van der Waals surface area contributed by atoms with Gasteiger partial charge in [-0.05, 0) is 43.2 Å². The third-order valence-corrected chi connectivity index (χ3v) is 3.59. The Bertz CT molecular complexity index is 708. The van der Waals surface area contributed by atoms with E-state index in [-0.39, 0.29) is 5.91 Å². The topological polar surface area (TPSA) is 79.5 Å². The molecule has 0 radical (unpaired) electrons. The lowest BCUT2D eigenvalue weighted by molar-refractivity contribution is 0.0954. The van der Waals surface area contributed by atoms with Gasteiger partial charge >= 0.3 is 0 Å². The first-order valence-electron chi connectivity index (χ1n) is 8.09. The number of hydrogen-bond donors (Lipinski definition) is 3. The van der Waals surface area contributed by atoms with Gasteiger partial charge in [0.15, 0.2) is 5.96 Å². The Labute approximate surface area is 143 Å². The Morgan fingerprint density at radius 1 is 1.17 bits per heavy atom. The zero-order valence-corrected chi connectivity index (χ0v) is 14.2. The summed E-state index contributed by atoms with van der Waals surface area (Å²) in [5.41, 5.74) is 9.74. The van der Waals surface area contributed by atoms with Crippen LogP contribution < -0.4 is 16.4 Å². The van der Waals surface area contributed by atoms with E-state index in [1.807, 2.05) is 37.3 Å². The van der Waals surface area contributed by atoms with Gasteiger partial charge in [-0.15, -0.1) is 0 Å². The molecule has 0 spiro atoms. The number of guanidine groups is 1. The number of benzene rings is 2. The van der Waals surface area contributed by atoms with Crippen molar-refractivity contribution in [2.45, 2.75) is 20.3 Å². The molecule has 0 aliphatic heterocycles. The minimum atomic E-state index is -0.101. The minimum absolute atomic E-state index is 0.101. The van der Waals surface area contributed by atoms with Gasteiger partial charge in [-0.3, -0.25) is 9.79 Å². The highest BCUT2D eigenvalue weighted by molar-refractivity contribution is 5.94. The molecular weight excluding hydrogens is 300 g/mol. The Balaban J connectivity index is 1.77. The molecule has 0 heterocycles. The van der Waals surface area contributed by atoms with Gasteiger partial charge in [0.25, 0.3) is 5.91 Å². The van der Waals surface area contributed by atoms with Gasteiger partial charge in [0.1, 0.15) is 0 Å². The van der Waals surface area contributed by atoms with E-state index < -0.39 is 0 Å². The Hall–Kier alpha value is -2.82. The molecule has 24 heavy (non-hydrogen) atoms. The lowest BCUT2D eigenvalue weighted by atomic mass is 10.1. The molecule has 0 saturated carbocycles. The molecule has 1 amide bonds. The fraction of sp³-hybridized carbons (Fsp3) is 0.263. The van der Waals surface area contributed by atoms with Crippen molar-refractivity contribution in [3.8, 4) is 0 Å². The Morgan fingerprint density at radius 2 is 1.92 bits per heavy atom. The van der Waals surface area contributed by atoms with E-state index in [4.69, 9.17) is 5.73 Å². The molecule has 126 valence electrons. The van der Waals surface area contributed by atoms with Crippen LogP contribution in [-0.2, 0) is 6.42 Å². The van der Waals surface area contributed by atoms with Gasteiger partial charge in [0.2, 0.25) is 0 Å². The van der Waals surface area contributed by atoms with Gasteiger partial charge in [-0.25, -0.2) is 0 Å². The molecule has 0 unspecified atom stereocenters. The van der Waals surface area contributed by atoms with Crippen LogP contribution in [0.25, 0.3) is 0 Å². The lowest BCUT2D eigenvalue weighted by Gasteiger charge is -2.07. The maximum absolute atomic E-state index is 12.0. The second kappa shape index (κ2) is 8.72. The molecule has 0 aliphatic rings. The van der Waals surface area contributed by atoms with Crippen molar-refractivity contribution in [1.29, 1.82) is 0 Å². The summed E-state index contributed by atoms with van der Waals surface area (Å²) in [6, 6.07) is 15.5. The van der Waals surface area contributed by atoms with Crippen molar-refractivity contribution in [2.24, 2.45) is 10.7 Å². The number of amides is 1. The molecule has 0 fully saturated rings. The number of carbonyl (C=O) groups excluding carboxylic acids is 1. The fourth-order valence-corrected chi connectivity index (χ4v) is 2.25. The highest BCUT2D eigenvalue weighted by Gasteiger charge is 2.04. The lowest BCUT2D eigenvalue weighted by Crippen LogP contribution is -2.28. The van der Waals surface area contributed by atoms with Gasteiger partial charge in [-0.2, -0.15) is 0 Å². The summed E-state index contributed by atoms with van der Waals surface area (Å²) >= 11 is 0. The summed E-state index contributed by atoms with van der Waals surface area (Å²) in [5.74, 6) is 0.236. The van der Waals surface area contributed by atoms with E-state index in [0.29, 0.717) is 24.6 Å². The molecule has 5 nitrogen and oxygen atoms in total. The quantitative estimate of drug-likeness (QED) is 0.434. The van der Waals surface area contributed by atoms with Crippen LogP contribution in [0, 0.1) is 6.92 Å². The van der Waals surface area contributed by atoms with Crippen molar-refractivity contribution in [1.82, 2.24) is 5.32 Å². The Kier molecular flexibility index (Phi) is 6.37. The zero-order chi connectivity index (χ0) is 17.4. The van der Waals surface area contributed by atoms with Crippen LogP contribution >= 0.6 is 0 Å². The van der Waals surface area contributed by atoms with Crippen LogP contribution in [0.5, 0.6) is 0 Å². The smallest absolute Gasteiger partial charge is 0.251 e.